The number of carbonyl (C=O) groups excluding carboxylic acids is 2. The monoisotopic (exact) mass is 427 g/mol. The van der Waals surface area contributed by atoms with Crippen LogP contribution in [-0.4, -0.2) is 34.8 Å². The molecule has 0 saturated carbocycles. The van der Waals surface area contributed by atoms with E-state index in [1.807, 2.05) is 31.2 Å². The van der Waals surface area contributed by atoms with Crippen molar-refractivity contribution in [2.45, 2.75) is 39.2 Å². The van der Waals surface area contributed by atoms with Gasteiger partial charge >= 0.3 is 0 Å². The van der Waals surface area contributed by atoms with Gasteiger partial charge in [-0.1, -0.05) is 44.0 Å². The zero-order valence-corrected chi connectivity index (χ0v) is 18.0. The van der Waals surface area contributed by atoms with Gasteiger partial charge in [0.15, 0.2) is 0 Å². The number of rotatable bonds is 8. The van der Waals surface area contributed by atoms with Crippen LogP contribution in [0.1, 0.15) is 50.3 Å². The fourth-order valence-electron chi connectivity index (χ4n) is 3.54. The van der Waals surface area contributed by atoms with Crippen LogP contribution >= 0.6 is 11.6 Å². The molecule has 0 bridgehead atoms. The van der Waals surface area contributed by atoms with Crippen molar-refractivity contribution in [2.24, 2.45) is 0 Å². The van der Waals surface area contributed by atoms with E-state index in [-0.39, 0.29) is 11.3 Å². The summed E-state index contributed by atoms with van der Waals surface area (Å²) in [4.78, 5) is 27.1. The van der Waals surface area contributed by atoms with E-state index in [0.717, 1.165) is 24.2 Å². The lowest BCUT2D eigenvalue weighted by molar-refractivity contribution is -0.139. The molecule has 30 heavy (non-hydrogen) atoms. The van der Waals surface area contributed by atoms with Gasteiger partial charge in [0.05, 0.1) is 18.2 Å². The van der Waals surface area contributed by atoms with Crippen molar-refractivity contribution in [3.05, 3.63) is 70.3 Å². The van der Waals surface area contributed by atoms with E-state index in [1.165, 1.54) is 4.90 Å². The number of ketones is 1. The summed E-state index contributed by atoms with van der Waals surface area (Å²) in [5.74, 6) is -0.737. The minimum absolute atomic E-state index is 0.0930. The number of nitrogens with zero attached hydrogens (tertiary/aromatic N) is 1. The average Bonchev–Trinajstić information content (AvgIpc) is 3.00. The van der Waals surface area contributed by atoms with Crippen LogP contribution < -0.4 is 4.74 Å². The molecule has 6 heteroatoms. The predicted molar refractivity (Wildman–Crippen MR) is 118 cm³/mol. The number of hydrogen-bond acceptors (Lipinski definition) is 4. The number of aliphatic hydroxyl groups is 1. The van der Waals surface area contributed by atoms with E-state index < -0.39 is 17.7 Å². The standard InChI is InChI=1S/C24H26ClNO4/c1-3-5-15-30-19-12-8-16(9-13-19)21-20(23(28)24(29)26(21)14-4-2)22(27)17-6-10-18(25)11-7-17/h6-13,21,27H,3-5,14-15H2,1-2H3/b22-20-. The first-order valence-corrected chi connectivity index (χ1v) is 10.6. The first-order chi connectivity index (χ1) is 14.5. The summed E-state index contributed by atoms with van der Waals surface area (Å²) >= 11 is 5.94. The maximum Gasteiger partial charge on any atom is 0.295 e. The van der Waals surface area contributed by atoms with E-state index in [2.05, 4.69) is 6.92 Å². The number of benzene rings is 2. The maximum atomic E-state index is 12.8. The molecule has 1 saturated heterocycles. The van der Waals surface area contributed by atoms with Gasteiger partial charge in [0, 0.05) is 17.1 Å². The summed E-state index contributed by atoms with van der Waals surface area (Å²) < 4.78 is 5.71. The minimum Gasteiger partial charge on any atom is -0.507 e. The third-order valence-electron chi connectivity index (χ3n) is 5.08. The van der Waals surface area contributed by atoms with Crippen molar-refractivity contribution in [1.82, 2.24) is 4.90 Å². The number of ether oxygens (including phenoxy) is 1. The summed E-state index contributed by atoms with van der Waals surface area (Å²) in [6, 6.07) is 13.2. The second-order valence-corrected chi connectivity index (χ2v) is 7.71. The number of aliphatic hydroxyl groups excluding tert-OH is 1. The number of amides is 1. The molecular weight excluding hydrogens is 402 g/mol. The van der Waals surface area contributed by atoms with E-state index >= 15 is 0 Å². The van der Waals surface area contributed by atoms with Gasteiger partial charge in [0.2, 0.25) is 0 Å². The van der Waals surface area contributed by atoms with Crippen molar-refractivity contribution in [2.75, 3.05) is 13.2 Å². The fraction of sp³-hybridized carbons (Fsp3) is 0.333. The molecule has 1 aliphatic heterocycles. The Labute approximate surface area is 181 Å². The molecule has 0 aromatic heterocycles. The first-order valence-electron chi connectivity index (χ1n) is 10.2. The van der Waals surface area contributed by atoms with E-state index in [0.29, 0.717) is 30.2 Å². The van der Waals surface area contributed by atoms with Crippen molar-refractivity contribution < 1.29 is 19.4 Å². The highest BCUT2D eigenvalue weighted by atomic mass is 35.5. The topological polar surface area (TPSA) is 66.8 Å². The number of likely N-dealkylation sites (tertiary alicyclic amines) is 1. The molecule has 0 spiro atoms. The molecule has 5 nitrogen and oxygen atoms in total. The molecule has 0 aliphatic carbocycles. The number of halogens is 1. The molecule has 1 atom stereocenters. The van der Waals surface area contributed by atoms with Crippen LogP contribution in [0.4, 0.5) is 0 Å². The summed E-state index contributed by atoms with van der Waals surface area (Å²) in [5, 5.41) is 11.4. The Hall–Kier alpha value is -2.79. The molecule has 1 N–H and O–H groups in total. The highest BCUT2D eigenvalue weighted by molar-refractivity contribution is 6.46. The average molecular weight is 428 g/mol. The Bertz CT molecular complexity index is 935. The maximum absolute atomic E-state index is 12.8. The molecule has 2 aromatic carbocycles. The second-order valence-electron chi connectivity index (χ2n) is 7.27. The number of unbranched alkanes of at least 4 members (excludes halogenated alkanes) is 1. The quantitative estimate of drug-likeness (QED) is 0.267. The van der Waals surface area contributed by atoms with Crippen molar-refractivity contribution in [1.29, 1.82) is 0 Å². The Balaban J connectivity index is 2.02. The summed E-state index contributed by atoms with van der Waals surface area (Å²) in [7, 11) is 0. The van der Waals surface area contributed by atoms with E-state index in [1.54, 1.807) is 24.3 Å². The Kier molecular flexibility index (Phi) is 7.16. The largest absolute Gasteiger partial charge is 0.507 e. The molecule has 1 fully saturated rings. The van der Waals surface area contributed by atoms with E-state index in [4.69, 9.17) is 16.3 Å². The minimum atomic E-state index is -0.677. The third kappa shape index (κ3) is 4.51. The number of hydrogen-bond donors (Lipinski definition) is 1. The molecule has 2 aromatic rings. The molecule has 0 radical (unpaired) electrons. The van der Waals surface area contributed by atoms with Gasteiger partial charge in [-0.2, -0.15) is 0 Å². The lowest BCUT2D eigenvalue weighted by atomic mass is 9.95. The van der Waals surface area contributed by atoms with Gasteiger partial charge in [-0.05, 0) is 54.8 Å². The van der Waals surface area contributed by atoms with Crippen LogP contribution in [0, 0.1) is 0 Å². The lowest BCUT2D eigenvalue weighted by Gasteiger charge is -2.25. The van der Waals surface area contributed by atoms with Gasteiger partial charge in [0.25, 0.3) is 11.7 Å². The summed E-state index contributed by atoms with van der Waals surface area (Å²) in [6.07, 6.45) is 2.72. The third-order valence-corrected chi connectivity index (χ3v) is 5.34. The van der Waals surface area contributed by atoms with Crippen LogP contribution in [0.5, 0.6) is 5.75 Å². The smallest absolute Gasteiger partial charge is 0.295 e. The van der Waals surface area contributed by atoms with E-state index in [9.17, 15) is 14.7 Å². The molecule has 3 rings (SSSR count). The Morgan fingerprint density at radius 1 is 1.03 bits per heavy atom. The Morgan fingerprint density at radius 2 is 1.70 bits per heavy atom. The zero-order valence-electron chi connectivity index (χ0n) is 17.2. The van der Waals surface area contributed by atoms with Gasteiger partial charge in [-0.3, -0.25) is 9.59 Å². The highest BCUT2D eigenvalue weighted by Gasteiger charge is 2.45. The SMILES string of the molecule is CCCCOc1ccc(C2/C(=C(/O)c3ccc(Cl)cc3)C(=O)C(=O)N2CCC)cc1. The van der Waals surface area contributed by atoms with Crippen LogP contribution in [0.2, 0.25) is 5.02 Å². The van der Waals surface area contributed by atoms with Gasteiger partial charge < -0.3 is 14.7 Å². The van der Waals surface area contributed by atoms with Crippen LogP contribution in [0.3, 0.4) is 0 Å². The molecular formula is C24H26ClNO4. The van der Waals surface area contributed by atoms with Crippen LogP contribution in [0.15, 0.2) is 54.1 Å². The van der Waals surface area contributed by atoms with Crippen molar-refractivity contribution in [3.63, 3.8) is 0 Å². The van der Waals surface area contributed by atoms with Gasteiger partial charge in [0.1, 0.15) is 11.5 Å². The van der Waals surface area contributed by atoms with Crippen LogP contribution in [-0.2, 0) is 9.59 Å². The summed E-state index contributed by atoms with van der Waals surface area (Å²) in [5.41, 5.74) is 1.29. The zero-order chi connectivity index (χ0) is 21.7. The van der Waals surface area contributed by atoms with Crippen LogP contribution in [0.25, 0.3) is 5.76 Å². The Morgan fingerprint density at radius 3 is 2.30 bits per heavy atom. The van der Waals surface area contributed by atoms with Gasteiger partial charge in [-0.15, -0.1) is 0 Å². The second kappa shape index (κ2) is 9.81. The molecule has 1 aliphatic rings. The normalized spacial score (nSPS) is 18.1. The molecule has 1 amide bonds. The fourth-order valence-corrected chi connectivity index (χ4v) is 3.67. The predicted octanol–water partition coefficient (Wildman–Crippen LogP) is 5.35. The molecule has 1 unspecified atom stereocenters. The highest BCUT2D eigenvalue weighted by Crippen LogP contribution is 2.40. The molecule has 1 heterocycles. The first kappa shape index (κ1) is 21.9. The van der Waals surface area contributed by atoms with Crippen molar-refractivity contribution in [3.8, 4) is 5.75 Å². The lowest BCUT2D eigenvalue weighted by Crippen LogP contribution is -2.30. The van der Waals surface area contributed by atoms with Gasteiger partial charge in [-0.25, -0.2) is 0 Å². The van der Waals surface area contributed by atoms with Crippen molar-refractivity contribution >= 4 is 29.1 Å². The summed E-state index contributed by atoms with van der Waals surface area (Å²) in [6.45, 7) is 5.10. The molecule has 158 valence electrons. The number of carbonyl (C=O) groups is 2. The number of Topliss-reactive ketones (excluding diaryl/α,β-unsaturated/α-hetero) is 1.